The van der Waals surface area contributed by atoms with Crippen LogP contribution in [-0.4, -0.2) is 33.4 Å². The Balaban J connectivity index is 0.00000121. The molecule has 2 aliphatic rings. The average molecular weight is 417 g/mol. The molecule has 2 aromatic heterocycles. The number of halogens is 2. The van der Waals surface area contributed by atoms with E-state index in [0.717, 1.165) is 43.7 Å². The second-order valence-corrected chi connectivity index (χ2v) is 8.19. The minimum absolute atomic E-state index is 0. The first-order valence-corrected chi connectivity index (χ1v) is 9.65. The van der Waals surface area contributed by atoms with Gasteiger partial charge in [-0.05, 0) is 31.9 Å². The van der Waals surface area contributed by atoms with Gasteiger partial charge in [0.1, 0.15) is 6.04 Å². The van der Waals surface area contributed by atoms with E-state index in [1.54, 1.807) is 17.7 Å². The van der Waals surface area contributed by atoms with Gasteiger partial charge in [0.05, 0.1) is 18.6 Å². The maximum absolute atomic E-state index is 13.4. The first kappa shape index (κ1) is 21.2. The monoisotopic (exact) mass is 416 g/mol. The fraction of sp³-hybridized carbons (Fsp3) is 0.556. The zero-order valence-corrected chi connectivity index (χ0v) is 17.3. The number of carbonyl (C=O) groups is 1. The molecule has 1 aliphatic carbocycles. The fourth-order valence-corrected chi connectivity index (χ4v) is 4.82. The lowest BCUT2D eigenvalue weighted by atomic mass is 10.0. The van der Waals surface area contributed by atoms with Crippen LogP contribution in [0.3, 0.4) is 0 Å². The van der Waals surface area contributed by atoms with Gasteiger partial charge in [-0.1, -0.05) is 12.8 Å². The van der Waals surface area contributed by atoms with E-state index < -0.39 is 0 Å². The van der Waals surface area contributed by atoms with Gasteiger partial charge >= 0.3 is 0 Å². The second-order valence-electron chi connectivity index (χ2n) is 6.82. The van der Waals surface area contributed by atoms with Crippen molar-refractivity contribution >= 4 is 42.1 Å². The number of aryl methyl sites for hydroxylation is 1. The molecule has 0 spiro atoms. The molecule has 1 fully saturated rings. The lowest BCUT2D eigenvalue weighted by Crippen LogP contribution is -2.47. The number of hydrogen-bond acceptors (Lipinski definition) is 4. The molecule has 3 heterocycles. The number of rotatable bonds is 4. The lowest BCUT2D eigenvalue weighted by molar-refractivity contribution is -0.136. The second kappa shape index (κ2) is 9.22. The molecular formula is C18H26Cl2N4OS. The van der Waals surface area contributed by atoms with Crippen molar-refractivity contribution < 1.29 is 4.79 Å². The van der Waals surface area contributed by atoms with Gasteiger partial charge in [0.15, 0.2) is 0 Å². The van der Waals surface area contributed by atoms with E-state index in [-0.39, 0.29) is 36.8 Å². The van der Waals surface area contributed by atoms with Crippen molar-refractivity contribution in [2.45, 2.75) is 57.7 Å². The molecule has 0 bridgehead atoms. The number of nitrogens with zero attached hydrogens (tertiary/aromatic N) is 2. The Morgan fingerprint density at radius 2 is 2.08 bits per heavy atom. The van der Waals surface area contributed by atoms with Gasteiger partial charge < -0.3 is 15.2 Å². The van der Waals surface area contributed by atoms with Crippen LogP contribution in [0, 0.1) is 6.92 Å². The van der Waals surface area contributed by atoms with Crippen LogP contribution < -0.4 is 5.32 Å². The summed E-state index contributed by atoms with van der Waals surface area (Å²) in [5, 5.41) is 3.39. The maximum Gasteiger partial charge on any atom is 0.246 e. The number of H-pyrrole nitrogens is 1. The number of aromatic nitrogens is 2. The van der Waals surface area contributed by atoms with Crippen LogP contribution >= 0.6 is 36.2 Å². The van der Waals surface area contributed by atoms with Gasteiger partial charge in [0.25, 0.3) is 0 Å². The third-order valence-electron chi connectivity index (χ3n) is 5.17. The van der Waals surface area contributed by atoms with E-state index in [9.17, 15) is 4.79 Å². The standard InChI is InChI=1S/C18H24N4OS.2ClH/c1-12-6-7-14(24-12)10-22(13-4-2-3-5-13)18(23)17-16-15(8-9-19-17)20-11-21-16;;/h6-7,11,13,17,19H,2-5,8-10H2,1H3,(H,20,21);2*1H. The van der Waals surface area contributed by atoms with E-state index in [4.69, 9.17) is 0 Å². The van der Waals surface area contributed by atoms with Gasteiger partial charge in [-0.25, -0.2) is 4.98 Å². The first-order valence-electron chi connectivity index (χ1n) is 8.83. The van der Waals surface area contributed by atoms with Crippen molar-refractivity contribution in [3.05, 3.63) is 39.6 Å². The number of thiophene rings is 1. The third-order valence-corrected chi connectivity index (χ3v) is 6.15. The number of nitrogens with one attached hydrogen (secondary N) is 2. The Kier molecular flexibility index (Phi) is 7.52. The summed E-state index contributed by atoms with van der Waals surface area (Å²) in [6.45, 7) is 3.66. The Hall–Kier alpha value is -1.08. The number of fused-ring (bicyclic) bond motifs is 1. The van der Waals surface area contributed by atoms with E-state index in [1.165, 1.54) is 22.6 Å². The van der Waals surface area contributed by atoms with Crippen LogP contribution in [-0.2, 0) is 17.8 Å². The van der Waals surface area contributed by atoms with E-state index in [1.807, 2.05) is 0 Å². The molecule has 0 saturated heterocycles. The van der Waals surface area contributed by atoms with Crippen molar-refractivity contribution in [1.82, 2.24) is 20.2 Å². The molecule has 26 heavy (non-hydrogen) atoms. The molecule has 144 valence electrons. The van der Waals surface area contributed by atoms with Gasteiger partial charge in [-0.2, -0.15) is 0 Å². The zero-order chi connectivity index (χ0) is 16.5. The minimum Gasteiger partial charge on any atom is -0.348 e. The predicted molar refractivity (Wildman–Crippen MR) is 109 cm³/mol. The maximum atomic E-state index is 13.4. The van der Waals surface area contributed by atoms with Crippen LogP contribution in [0.1, 0.15) is 52.9 Å². The summed E-state index contributed by atoms with van der Waals surface area (Å²) >= 11 is 1.79. The highest BCUT2D eigenvalue weighted by molar-refractivity contribution is 7.11. The Morgan fingerprint density at radius 3 is 2.77 bits per heavy atom. The first-order chi connectivity index (χ1) is 11.7. The average Bonchev–Trinajstić information content (AvgIpc) is 3.32. The summed E-state index contributed by atoms with van der Waals surface area (Å²) in [4.78, 5) is 25.7. The third kappa shape index (κ3) is 4.25. The van der Waals surface area contributed by atoms with E-state index in [2.05, 4.69) is 39.2 Å². The van der Waals surface area contributed by atoms with Crippen LogP contribution in [0.15, 0.2) is 18.5 Å². The molecule has 4 rings (SSSR count). The Labute approximate surface area is 170 Å². The molecule has 1 saturated carbocycles. The van der Waals surface area contributed by atoms with Gasteiger partial charge in [-0.15, -0.1) is 36.2 Å². The lowest BCUT2D eigenvalue weighted by Gasteiger charge is -2.33. The van der Waals surface area contributed by atoms with E-state index >= 15 is 0 Å². The molecule has 1 aliphatic heterocycles. The number of amides is 1. The van der Waals surface area contributed by atoms with Crippen molar-refractivity contribution in [3.63, 3.8) is 0 Å². The van der Waals surface area contributed by atoms with Gasteiger partial charge in [0, 0.05) is 34.5 Å². The summed E-state index contributed by atoms with van der Waals surface area (Å²) in [7, 11) is 0. The highest BCUT2D eigenvalue weighted by Gasteiger charge is 2.35. The van der Waals surface area contributed by atoms with Crippen LogP contribution in [0.25, 0.3) is 0 Å². The van der Waals surface area contributed by atoms with Crippen LogP contribution in [0.2, 0.25) is 0 Å². The minimum atomic E-state index is -0.304. The normalized spacial score (nSPS) is 19.3. The summed E-state index contributed by atoms with van der Waals surface area (Å²) < 4.78 is 0. The number of carbonyl (C=O) groups excluding carboxylic acids is 1. The molecule has 2 N–H and O–H groups in total. The Morgan fingerprint density at radius 1 is 1.31 bits per heavy atom. The molecule has 8 heteroatoms. The summed E-state index contributed by atoms with van der Waals surface area (Å²) in [6.07, 6.45) is 7.31. The van der Waals surface area contributed by atoms with Crippen molar-refractivity contribution in [2.24, 2.45) is 0 Å². The number of hydrogen-bond donors (Lipinski definition) is 2. The number of aromatic amines is 1. The summed E-state index contributed by atoms with van der Waals surface area (Å²) in [6, 6.07) is 4.36. The van der Waals surface area contributed by atoms with Gasteiger partial charge in [-0.3, -0.25) is 4.79 Å². The quantitative estimate of drug-likeness (QED) is 0.796. The largest absolute Gasteiger partial charge is 0.348 e. The molecule has 0 aromatic carbocycles. The predicted octanol–water partition coefficient (Wildman–Crippen LogP) is 3.78. The molecule has 1 amide bonds. The van der Waals surface area contributed by atoms with E-state index in [0.29, 0.717) is 6.04 Å². The van der Waals surface area contributed by atoms with Crippen molar-refractivity contribution in [3.8, 4) is 0 Å². The molecule has 1 atom stereocenters. The van der Waals surface area contributed by atoms with Crippen LogP contribution in [0.4, 0.5) is 0 Å². The van der Waals surface area contributed by atoms with Crippen molar-refractivity contribution in [1.29, 1.82) is 0 Å². The molecule has 0 radical (unpaired) electrons. The molecule has 1 unspecified atom stereocenters. The molecular weight excluding hydrogens is 391 g/mol. The topological polar surface area (TPSA) is 61.0 Å². The highest BCUT2D eigenvalue weighted by atomic mass is 35.5. The fourth-order valence-electron chi connectivity index (χ4n) is 3.93. The van der Waals surface area contributed by atoms with Crippen molar-refractivity contribution in [2.75, 3.05) is 6.54 Å². The zero-order valence-electron chi connectivity index (χ0n) is 14.9. The Bertz CT molecular complexity index is 726. The highest BCUT2D eigenvalue weighted by Crippen LogP contribution is 2.30. The van der Waals surface area contributed by atoms with Crippen LogP contribution in [0.5, 0.6) is 0 Å². The van der Waals surface area contributed by atoms with Gasteiger partial charge in [0.2, 0.25) is 5.91 Å². The molecule has 5 nitrogen and oxygen atoms in total. The SMILES string of the molecule is Cc1ccc(CN(C(=O)C2NCCc3[nH]cnc32)C2CCCC2)s1.Cl.Cl. The summed E-state index contributed by atoms with van der Waals surface area (Å²) in [5.41, 5.74) is 1.99. The number of imidazole rings is 1. The smallest absolute Gasteiger partial charge is 0.246 e. The summed E-state index contributed by atoms with van der Waals surface area (Å²) in [5.74, 6) is 0.181. The molecule has 2 aromatic rings.